The highest BCUT2D eigenvalue weighted by atomic mass is 14.4. The lowest BCUT2D eigenvalue weighted by atomic mass is 9.64. The molecule has 0 bridgehead atoms. The largest absolute Gasteiger partial charge is 0.0654 e. The Balaban J connectivity index is 4.80. The molecule has 0 spiro atoms. The Labute approximate surface area is 123 Å². The summed E-state index contributed by atoms with van der Waals surface area (Å²) >= 11 is 0. The molecule has 0 aliphatic carbocycles. The highest BCUT2D eigenvalue weighted by Crippen LogP contribution is 2.44. The van der Waals surface area contributed by atoms with Crippen LogP contribution < -0.4 is 0 Å². The van der Waals surface area contributed by atoms with Crippen LogP contribution in [0.5, 0.6) is 0 Å². The average Bonchev–Trinajstić information content (AvgIpc) is 2.42. The summed E-state index contributed by atoms with van der Waals surface area (Å²) in [5.41, 5.74) is 0.563. The van der Waals surface area contributed by atoms with Gasteiger partial charge in [-0.25, -0.2) is 0 Å². The molecule has 4 atom stereocenters. The minimum absolute atomic E-state index is 0.563. The first-order chi connectivity index (χ1) is 8.98. The summed E-state index contributed by atoms with van der Waals surface area (Å²) in [5, 5.41) is 0. The summed E-state index contributed by atoms with van der Waals surface area (Å²) in [6.07, 6.45) is 11.0. The topological polar surface area (TPSA) is 0 Å². The van der Waals surface area contributed by atoms with E-state index < -0.39 is 0 Å². The van der Waals surface area contributed by atoms with Crippen LogP contribution in [0.3, 0.4) is 0 Å². The van der Waals surface area contributed by atoms with E-state index in [0.717, 1.165) is 17.8 Å². The Morgan fingerprint density at radius 3 is 1.79 bits per heavy atom. The van der Waals surface area contributed by atoms with Crippen molar-refractivity contribution in [1.29, 1.82) is 0 Å². The Hall–Kier alpha value is 0. The van der Waals surface area contributed by atoms with E-state index in [4.69, 9.17) is 0 Å². The molecule has 0 aromatic carbocycles. The van der Waals surface area contributed by atoms with Gasteiger partial charge in [-0.1, -0.05) is 93.4 Å². The van der Waals surface area contributed by atoms with Gasteiger partial charge in [0.15, 0.2) is 0 Å². The van der Waals surface area contributed by atoms with Crippen LogP contribution in [0, 0.1) is 23.2 Å². The normalized spacial score (nSPS) is 19.7. The lowest BCUT2D eigenvalue weighted by Crippen LogP contribution is -2.31. The quantitative estimate of drug-likeness (QED) is 0.375. The monoisotopic (exact) mass is 268 g/mol. The molecule has 19 heavy (non-hydrogen) atoms. The van der Waals surface area contributed by atoms with Gasteiger partial charge in [0, 0.05) is 0 Å². The van der Waals surface area contributed by atoms with E-state index in [2.05, 4.69) is 48.5 Å². The summed E-state index contributed by atoms with van der Waals surface area (Å²) in [4.78, 5) is 0. The van der Waals surface area contributed by atoms with Crippen LogP contribution in [0.4, 0.5) is 0 Å². The maximum Gasteiger partial charge on any atom is -0.0298 e. The predicted octanol–water partition coefficient (Wildman–Crippen LogP) is 7.08. The fourth-order valence-electron chi connectivity index (χ4n) is 4.03. The first-order valence-corrected chi connectivity index (χ1v) is 8.98. The molecular weight excluding hydrogens is 228 g/mol. The van der Waals surface area contributed by atoms with Gasteiger partial charge in [0.2, 0.25) is 0 Å². The number of hydrogen-bond acceptors (Lipinski definition) is 0. The Bertz CT molecular complexity index is 208. The standard InChI is InChI=1S/C19H40/c1-8-13-16(6)17(10-3)15-19(7,12-5)18(11-4)14-9-2/h16-18H,8-15H2,1-7H3. The second kappa shape index (κ2) is 9.83. The Morgan fingerprint density at radius 2 is 1.42 bits per heavy atom. The van der Waals surface area contributed by atoms with E-state index in [1.165, 1.54) is 51.4 Å². The zero-order valence-corrected chi connectivity index (χ0v) is 14.9. The maximum atomic E-state index is 2.57. The summed E-state index contributed by atoms with van der Waals surface area (Å²) in [5.74, 6) is 2.75. The van der Waals surface area contributed by atoms with Crippen molar-refractivity contribution in [3.05, 3.63) is 0 Å². The molecule has 0 aliphatic heterocycles. The summed E-state index contributed by atoms with van der Waals surface area (Å²) in [6, 6.07) is 0. The van der Waals surface area contributed by atoms with Crippen LogP contribution >= 0.6 is 0 Å². The van der Waals surface area contributed by atoms with E-state index in [1.807, 2.05) is 0 Å². The van der Waals surface area contributed by atoms with Gasteiger partial charge < -0.3 is 0 Å². The summed E-state index contributed by atoms with van der Waals surface area (Å²) < 4.78 is 0. The van der Waals surface area contributed by atoms with Crippen LogP contribution in [0.1, 0.15) is 99.8 Å². The first-order valence-electron chi connectivity index (χ1n) is 8.98. The van der Waals surface area contributed by atoms with Crippen LogP contribution in [-0.4, -0.2) is 0 Å². The molecule has 0 heterocycles. The molecule has 4 unspecified atom stereocenters. The fraction of sp³-hybridized carbons (Fsp3) is 1.00. The second-order valence-corrected chi connectivity index (χ2v) is 7.04. The molecule has 0 saturated heterocycles. The van der Waals surface area contributed by atoms with Gasteiger partial charge in [-0.3, -0.25) is 0 Å². The molecule has 0 nitrogen and oxygen atoms in total. The van der Waals surface area contributed by atoms with Gasteiger partial charge in [0.05, 0.1) is 0 Å². The van der Waals surface area contributed by atoms with Crippen molar-refractivity contribution < 1.29 is 0 Å². The van der Waals surface area contributed by atoms with Crippen LogP contribution in [0.2, 0.25) is 0 Å². The van der Waals surface area contributed by atoms with Crippen molar-refractivity contribution in [3.63, 3.8) is 0 Å². The van der Waals surface area contributed by atoms with Crippen molar-refractivity contribution in [1.82, 2.24) is 0 Å². The van der Waals surface area contributed by atoms with Crippen molar-refractivity contribution in [2.24, 2.45) is 23.2 Å². The molecule has 0 N–H and O–H groups in total. The number of hydrogen-bond donors (Lipinski definition) is 0. The first kappa shape index (κ1) is 19.0. The van der Waals surface area contributed by atoms with E-state index in [0.29, 0.717) is 5.41 Å². The van der Waals surface area contributed by atoms with Crippen molar-refractivity contribution >= 4 is 0 Å². The molecule has 0 aliphatic rings. The van der Waals surface area contributed by atoms with Crippen molar-refractivity contribution in [3.8, 4) is 0 Å². The number of rotatable bonds is 11. The zero-order chi connectivity index (χ0) is 14.9. The molecule has 0 radical (unpaired) electrons. The second-order valence-electron chi connectivity index (χ2n) is 7.04. The van der Waals surface area contributed by atoms with Crippen LogP contribution in [0.25, 0.3) is 0 Å². The minimum Gasteiger partial charge on any atom is -0.0654 e. The third-order valence-electron chi connectivity index (χ3n) is 5.72. The average molecular weight is 269 g/mol. The van der Waals surface area contributed by atoms with E-state index in [9.17, 15) is 0 Å². The molecule has 0 amide bonds. The van der Waals surface area contributed by atoms with Crippen molar-refractivity contribution in [2.75, 3.05) is 0 Å². The lowest BCUT2D eigenvalue weighted by molar-refractivity contribution is 0.0960. The third kappa shape index (κ3) is 5.88. The summed E-state index contributed by atoms with van der Waals surface area (Å²) in [6.45, 7) is 16.9. The molecule has 0 saturated carbocycles. The van der Waals surface area contributed by atoms with E-state index in [-0.39, 0.29) is 0 Å². The van der Waals surface area contributed by atoms with Gasteiger partial charge in [-0.15, -0.1) is 0 Å². The van der Waals surface area contributed by atoms with Gasteiger partial charge in [-0.2, -0.15) is 0 Å². The third-order valence-corrected chi connectivity index (χ3v) is 5.72. The Morgan fingerprint density at radius 1 is 0.842 bits per heavy atom. The molecule has 0 rings (SSSR count). The molecule has 116 valence electrons. The molecular formula is C19H40. The van der Waals surface area contributed by atoms with E-state index >= 15 is 0 Å². The van der Waals surface area contributed by atoms with Gasteiger partial charge >= 0.3 is 0 Å². The van der Waals surface area contributed by atoms with Gasteiger partial charge in [-0.05, 0) is 29.6 Å². The SMILES string of the molecule is CCCC(C)C(CC)CC(C)(CC)C(CC)CCC. The highest BCUT2D eigenvalue weighted by Gasteiger charge is 2.34. The Kier molecular flexibility index (Phi) is 9.83. The highest BCUT2D eigenvalue weighted by molar-refractivity contribution is 4.84. The van der Waals surface area contributed by atoms with Gasteiger partial charge in [0.1, 0.15) is 0 Å². The van der Waals surface area contributed by atoms with Crippen LogP contribution in [-0.2, 0) is 0 Å². The van der Waals surface area contributed by atoms with Crippen LogP contribution in [0.15, 0.2) is 0 Å². The maximum absolute atomic E-state index is 2.57. The van der Waals surface area contributed by atoms with Gasteiger partial charge in [0.25, 0.3) is 0 Å². The van der Waals surface area contributed by atoms with Crippen molar-refractivity contribution in [2.45, 2.75) is 99.8 Å². The molecule has 0 heteroatoms. The molecule has 0 fully saturated rings. The zero-order valence-electron chi connectivity index (χ0n) is 14.9. The van der Waals surface area contributed by atoms with E-state index in [1.54, 1.807) is 0 Å². The predicted molar refractivity (Wildman–Crippen MR) is 89.6 cm³/mol. The smallest absolute Gasteiger partial charge is 0.0298 e. The molecule has 0 aromatic heterocycles. The molecule has 0 aromatic rings. The fourth-order valence-corrected chi connectivity index (χ4v) is 4.03. The summed E-state index contributed by atoms with van der Waals surface area (Å²) in [7, 11) is 0. The lowest BCUT2D eigenvalue weighted by Gasteiger charge is -2.41. The minimum atomic E-state index is 0.563.